The maximum absolute atomic E-state index is 13.9. The Morgan fingerprint density at radius 3 is 2.16 bits per heavy atom. The van der Waals surface area contributed by atoms with E-state index in [9.17, 15) is 9.59 Å². The van der Waals surface area contributed by atoms with E-state index >= 15 is 0 Å². The molecule has 0 radical (unpaired) electrons. The highest BCUT2D eigenvalue weighted by Crippen LogP contribution is 2.55. The van der Waals surface area contributed by atoms with E-state index in [-0.39, 0.29) is 11.8 Å². The minimum Gasteiger partial charge on any atom is -0.497 e. The molecule has 3 aromatic carbocycles. The van der Waals surface area contributed by atoms with Crippen LogP contribution in [0.15, 0.2) is 78.9 Å². The van der Waals surface area contributed by atoms with Gasteiger partial charge >= 0.3 is 0 Å². The Morgan fingerprint density at radius 1 is 0.875 bits per heavy atom. The third-order valence-electron chi connectivity index (χ3n) is 6.41. The van der Waals surface area contributed by atoms with Gasteiger partial charge in [-0.25, -0.2) is 9.96 Å². The fourth-order valence-electron chi connectivity index (χ4n) is 4.65. The molecule has 32 heavy (non-hydrogen) atoms. The van der Waals surface area contributed by atoms with E-state index in [2.05, 4.69) is 0 Å². The molecule has 2 saturated heterocycles. The van der Waals surface area contributed by atoms with Gasteiger partial charge in [0.25, 0.3) is 5.91 Å². The van der Waals surface area contributed by atoms with Crippen LogP contribution in [0.25, 0.3) is 0 Å². The summed E-state index contributed by atoms with van der Waals surface area (Å²) in [4.78, 5) is 34.9. The molecule has 0 N–H and O–H groups in total. The van der Waals surface area contributed by atoms with Gasteiger partial charge in [0.05, 0.1) is 24.5 Å². The summed E-state index contributed by atoms with van der Waals surface area (Å²) in [5.41, 5.74) is 2.16. The third-order valence-corrected chi connectivity index (χ3v) is 6.41. The number of rotatable bonds is 4. The average molecular weight is 428 g/mol. The number of methoxy groups -OCH3 is 1. The number of fused-ring (bicyclic) bond motifs is 1. The maximum Gasteiger partial charge on any atom is 0.266 e. The molecule has 3 atom stereocenters. The van der Waals surface area contributed by atoms with Crippen LogP contribution in [-0.4, -0.2) is 25.0 Å². The molecule has 2 heterocycles. The van der Waals surface area contributed by atoms with Crippen LogP contribution in [0.5, 0.6) is 5.75 Å². The number of para-hydroxylation sites is 1. The molecule has 0 spiro atoms. The first-order valence-electron chi connectivity index (χ1n) is 10.5. The van der Waals surface area contributed by atoms with E-state index in [0.29, 0.717) is 5.69 Å². The highest BCUT2D eigenvalue weighted by Gasteiger charge is 2.68. The topological polar surface area (TPSA) is 59.1 Å². The first kappa shape index (κ1) is 20.3. The van der Waals surface area contributed by atoms with Crippen molar-refractivity contribution in [2.75, 3.05) is 17.1 Å². The summed E-state index contributed by atoms with van der Waals surface area (Å²) in [5.74, 6) is 0.102. The molecule has 3 aromatic rings. The second kappa shape index (κ2) is 7.50. The number of carbonyl (C=O) groups excluding carboxylic acids is 2. The molecule has 0 unspecified atom stereocenters. The van der Waals surface area contributed by atoms with E-state index in [1.54, 1.807) is 24.3 Å². The third kappa shape index (κ3) is 2.91. The number of anilines is 2. The molecule has 162 valence electrons. The molecule has 5 rings (SSSR count). The molecule has 6 heteroatoms. The number of aryl methyl sites for hydroxylation is 1. The number of nitrogens with zero attached hydrogens (tertiary/aromatic N) is 2. The fraction of sp³-hybridized carbons (Fsp3) is 0.231. The molecular weight excluding hydrogens is 404 g/mol. The number of ether oxygens (including phenoxy) is 1. The van der Waals surface area contributed by atoms with Crippen molar-refractivity contribution in [1.82, 2.24) is 0 Å². The van der Waals surface area contributed by atoms with Crippen molar-refractivity contribution in [2.24, 2.45) is 5.41 Å². The number of amides is 2. The monoisotopic (exact) mass is 428 g/mol. The van der Waals surface area contributed by atoms with Crippen molar-refractivity contribution in [2.45, 2.75) is 26.0 Å². The zero-order valence-electron chi connectivity index (χ0n) is 18.2. The van der Waals surface area contributed by atoms with Crippen molar-refractivity contribution in [3.63, 3.8) is 0 Å². The second-order valence-electron chi connectivity index (χ2n) is 8.42. The van der Waals surface area contributed by atoms with Gasteiger partial charge in [-0.2, -0.15) is 0 Å². The van der Waals surface area contributed by atoms with Crippen LogP contribution in [0, 0.1) is 12.3 Å². The van der Waals surface area contributed by atoms with Crippen LogP contribution in [0.3, 0.4) is 0 Å². The van der Waals surface area contributed by atoms with Gasteiger partial charge in [-0.3, -0.25) is 14.4 Å². The van der Waals surface area contributed by atoms with Crippen LogP contribution in [0.4, 0.5) is 11.4 Å². The lowest BCUT2D eigenvalue weighted by molar-refractivity contribution is -0.128. The van der Waals surface area contributed by atoms with Gasteiger partial charge in [0.1, 0.15) is 11.2 Å². The number of benzene rings is 3. The lowest BCUT2D eigenvalue weighted by Gasteiger charge is -2.32. The van der Waals surface area contributed by atoms with Crippen LogP contribution in [0.2, 0.25) is 0 Å². The molecule has 0 aliphatic carbocycles. The quantitative estimate of drug-likeness (QED) is 0.575. The predicted molar refractivity (Wildman–Crippen MR) is 121 cm³/mol. The number of imide groups is 1. The Kier molecular flexibility index (Phi) is 4.75. The van der Waals surface area contributed by atoms with Crippen molar-refractivity contribution in [3.05, 3.63) is 90.0 Å². The minimum absolute atomic E-state index is 0.268. The summed E-state index contributed by atoms with van der Waals surface area (Å²) in [7, 11) is 1.61. The lowest BCUT2D eigenvalue weighted by atomic mass is 9.76. The Balaban J connectivity index is 1.62. The summed E-state index contributed by atoms with van der Waals surface area (Å²) < 4.78 is 5.30. The highest BCUT2D eigenvalue weighted by atomic mass is 16.7. The summed E-state index contributed by atoms with van der Waals surface area (Å²) in [6.07, 6.45) is -0.927. The summed E-state index contributed by atoms with van der Waals surface area (Å²) in [6, 6.07) is 24.0. The van der Waals surface area contributed by atoms with E-state index in [4.69, 9.17) is 9.57 Å². The zero-order chi connectivity index (χ0) is 22.5. The largest absolute Gasteiger partial charge is 0.497 e. The molecule has 2 aliphatic rings. The van der Waals surface area contributed by atoms with E-state index < -0.39 is 17.6 Å². The van der Waals surface area contributed by atoms with Gasteiger partial charge in [0, 0.05) is 0 Å². The SMILES string of the molecule is COc1ccc([C@@H]2N(c3ccccc3)O[C@H]3C(=O)N(c4ccc(C)cc4)C(=O)[C@@]23C)cc1. The number of carbonyl (C=O) groups is 2. The summed E-state index contributed by atoms with van der Waals surface area (Å²) in [6.45, 7) is 3.79. The molecular formula is C26H24N2O4. The lowest BCUT2D eigenvalue weighted by Crippen LogP contribution is -2.41. The first-order valence-corrected chi connectivity index (χ1v) is 10.5. The van der Waals surface area contributed by atoms with Crippen LogP contribution < -0.4 is 14.7 Å². The normalized spacial score (nSPS) is 24.7. The summed E-state index contributed by atoms with van der Waals surface area (Å²) in [5, 5.41) is 1.70. The average Bonchev–Trinajstić information content (AvgIpc) is 3.23. The molecule has 2 fully saturated rings. The van der Waals surface area contributed by atoms with E-state index in [0.717, 1.165) is 22.6 Å². The number of hydrogen-bond donors (Lipinski definition) is 0. The number of hydroxylamine groups is 1. The van der Waals surface area contributed by atoms with Crippen molar-refractivity contribution >= 4 is 23.2 Å². The van der Waals surface area contributed by atoms with Crippen LogP contribution in [0.1, 0.15) is 24.1 Å². The van der Waals surface area contributed by atoms with Gasteiger partial charge in [0.2, 0.25) is 5.91 Å². The fourth-order valence-corrected chi connectivity index (χ4v) is 4.65. The highest BCUT2D eigenvalue weighted by molar-refractivity contribution is 6.25. The van der Waals surface area contributed by atoms with Gasteiger partial charge in [-0.1, -0.05) is 48.0 Å². The molecule has 2 amide bonds. The summed E-state index contributed by atoms with van der Waals surface area (Å²) >= 11 is 0. The van der Waals surface area contributed by atoms with Crippen LogP contribution >= 0.6 is 0 Å². The van der Waals surface area contributed by atoms with Crippen LogP contribution in [-0.2, 0) is 14.4 Å². The van der Waals surface area contributed by atoms with Crippen molar-refractivity contribution in [3.8, 4) is 5.75 Å². The van der Waals surface area contributed by atoms with Gasteiger partial charge < -0.3 is 4.74 Å². The zero-order valence-corrected chi connectivity index (χ0v) is 18.2. The standard InChI is InChI=1S/C26H24N2O4/c1-17-9-13-19(14-10-17)27-24(29)23-26(2,25(27)30)22(18-11-15-21(31-3)16-12-18)28(32-23)20-7-5-4-6-8-20/h4-16,22-23H,1-3H3/t22-,23-,26-/m0/s1. The van der Waals surface area contributed by atoms with Crippen molar-refractivity contribution < 1.29 is 19.2 Å². The smallest absolute Gasteiger partial charge is 0.266 e. The van der Waals surface area contributed by atoms with E-state index in [1.165, 1.54) is 4.90 Å². The molecule has 0 aromatic heterocycles. The number of hydrogen-bond acceptors (Lipinski definition) is 5. The van der Waals surface area contributed by atoms with Gasteiger partial charge in [-0.15, -0.1) is 0 Å². The first-order chi connectivity index (χ1) is 15.4. The Morgan fingerprint density at radius 2 is 1.53 bits per heavy atom. The molecule has 0 bridgehead atoms. The van der Waals surface area contributed by atoms with Gasteiger partial charge in [-0.05, 0) is 55.8 Å². The maximum atomic E-state index is 13.9. The molecule has 6 nitrogen and oxygen atoms in total. The van der Waals surface area contributed by atoms with E-state index in [1.807, 2.05) is 80.6 Å². The Hall–Kier alpha value is -3.64. The second-order valence-corrected chi connectivity index (χ2v) is 8.42. The molecule has 2 aliphatic heterocycles. The van der Waals surface area contributed by atoms with Crippen molar-refractivity contribution in [1.29, 1.82) is 0 Å². The minimum atomic E-state index is -1.10. The van der Waals surface area contributed by atoms with Gasteiger partial charge in [0.15, 0.2) is 6.10 Å². The molecule has 0 saturated carbocycles. The predicted octanol–water partition coefficient (Wildman–Crippen LogP) is 4.44. The Labute approximate surface area is 186 Å². The Bertz CT molecular complexity index is 1160.